The van der Waals surface area contributed by atoms with Crippen LogP contribution in [0.15, 0.2) is 54.6 Å². The topological polar surface area (TPSA) is 53.4 Å². The Morgan fingerprint density at radius 2 is 1.70 bits per heavy atom. The largest absolute Gasteiger partial charge is 0.393 e. The van der Waals surface area contributed by atoms with Gasteiger partial charge in [-0.2, -0.15) is 0 Å². The maximum atomic E-state index is 13.6. The highest BCUT2D eigenvalue weighted by molar-refractivity contribution is 6.30. The molecule has 2 saturated carbocycles. The Bertz CT molecular complexity index is 1080. The Labute approximate surface area is 181 Å². The Hall–Kier alpha value is -2.43. The van der Waals surface area contributed by atoms with E-state index in [-0.39, 0.29) is 18.1 Å². The van der Waals surface area contributed by atoms with Crippen molar-refractivity contribution in [3.05, 3.63) is 65.2 Å². The van der Waals surface area contributed by atoms with Gasteiger partial charge in [-0.3, -0.25) is 4.79 Å². The van der Waals surface area contributed by atoms with Crippen LogP contribution >= 0.6 is 11.6 Å². The number of pyridine rings is 1. The summed E-state index contributed by atoms with van der Waals surface area (Å²) in [5.74, 6) is 1.12. The molecule has 1 amide bonds. The molecule has 4 atom stereocenters. The Balaban J connectivity index is 1.49. The minimum absolute atomic E-state index is 0.0364. The molecule has 1 heterocycles. The van der Waals surface area contributed by atoms with E-state index in [1.165, 1.54) is 0 Å². The summed E-state index contributed by atoms with van der Waals surface area (Å²) in [4.78, 5) is 20.3. The summed E-state index contributed by atoms with van der Waals surface area (Å²) < 4.78 is 0. The van der Waals surface area contributed by atoms with Crippen molar-refractivity contribution in [1.82, 2.24) is 9.88 Å². The lowest BCUT2D eigenvalue weighted by Gasteiger charge is -2.26. The second-order valence-electron chi connectivity index (χ2n) is 8.77. The third-order valence-electron chi connectivity index (χ3n) is 6.92. The highest BCUT2D eigenvalue weighted by atomic mass is 35.5. The van der Waals surface area contributed by atoms with Crippen LogP contribution < -0.4 is 0 Å². The summed E-state index contributed by atoms with van der Waals surface area (Å²) in [5.41, 5.74) is 3.21. The third kappa shape index (κ3) is 3.48. The van der Waals surface area contributed by atoms with Crippen molar-refractivity contribution >= 4 is 28.4 Å². The van der Waals surface area contributed by atoms with Gasteiger partial charge in [0, 0.05) is 29.1 Å². The van der Waals surface area contributed by atoms with Crippen molar-refractivity contribution in [2.75, 3.05) is 7.05 Å². The summed E-state index contributed by atoms with van der Waals surface area (Å²) in [5, 5.41) is 11.5. The molecule has 2 aromatic carbocycles. The van der Waals surface area contributed by atoms with Gasteiger partial charge in [0.15, 0.2) is 0 Å². The van der Waals surface area contributed by atoms with E-state index >= 15 is 0 Å². The van der Waals surface area contributed by atoms with Crippen LogP contribution in [0.2, 0.25) is 5.02 Å². The molecular weight excluding hydrogens is 396 g/mol. The number of nitrogens with zero attached hydrogens (tertiary/aromatic N) is 2. The highest BCUT2D eigenvalue weighted by Gasteiger charge is 2.43. The second kappa shape index (κ2) is 7.68. The number of carbonyl (C=O) groups excluding carboxylic acids is 1. The maximum absolute atomic E-state index is 13.6. The summed E-state index contributed by atoms with van der Waals surface area (Å²) in [6, 6.07) is 17.5. The first-order valence-electron chi connectivity index (χ1n) is 10.6. The van der Waals surface area contributed by atoms with Gasteiger partial charge in [-0.05, 0) is 61.8 Å². The molecule has 5 heteroatoms. The zero-order chi connectivity index (χ0) is 20.8. The molecule has 4 nitrogen and oxygen atoms in total. The van der Waals surface area contributed by atoms with Crippen molar-refractivity contribution in [1.29, 1.82) is 0 Å². The molecule has 30 heavy (non-hydrogen) atoms. The van der Waals surface area contributed by atoms with Crippen LogP contribution in [0.4, 0.5) is 0 Å². The first kappa shape index (κ1) is 19.5. The second-order valence-corrected chi connectivity index (χ2v) is 9.20. The van der Waals surface area contributed by atoms with Gasteiger partial charge in [0.05, 0.1) is 22.9 Å². The van der Waals surface area contributed by atoms with Crippen molar-refractivity contribution in [2.24, 2.45) is 11.8 Å². The Morgan fingerprint density at radius 1 is 1.03 bits per heavy atom. The van der Waals surface area contributed by atoms with Gasteiger partial charge in [0.1, 0.15) is 0 Å². The monoisotopic (exact) mass is 420 g/mol. The lowest BCUT2D eigenvalue weighted by atomic mass is 10.0. The zero-order valence-electron chi connectivity index (χ0n) is 17.0. The number of fused-ring (bicyclic) bond motifs is 2. The van der Waals surface area contributed by atoms with Gasteiger partial charge in [0.2, 0.25) is 0 Å². The average Bonchev–Trinajstić information content (AvgIpc) is 3.30. The lowest BCUT2D eigenvalue weighted by Crippen LogP contribution is -2.36. The molecule has 154 valence electrons. The molecule has 1 aromatic heterocycles. The molecule has 0 spiro atoms. The van der Waals surface area contributed by atoms with Gasteiger partial charge in [-0.15, -0.1) is 0 Å². The van der Waals surface area contributed by atoms with E-state index in [0.29, 0.717) is 22.4 Å². The normalized spacial score (nSPS) is 25.4. The summed E-state index contributed by atoms with van der Waals surface area (Å²) in [6.07, 6.45) is 3.56. The number of aliphatic hydroxyl groups is 1. The van der Waals surface area contributed by atoms with Crippen LogP contribution in [0.25, 0.3) is 22.2 Å². The van der Waals surface area contributed by atoms with Gasteiger partial charge in [-0.1, -0.05) is 41.9 Å². The minimum atomic E-state index is -0.159. The number of para-hydroxylation sites is 1. The summed E-state index contributed by atoms with van der Waals surface area (Å²) in [6.45, 7) is 0. The fraction of sp³-hybridized carbons (Fsp3) is 0.360. The van der Waals surface area contributed by atoms with Crippen molar-refractivity contribution in [2.45, 2.75) is 37.8 Å². The van der Waals surface area contributed by atoms with Crippen LogP contribution in [0, 0.1) is 11.8 Å². The number of amides is 1. The number of aromatic nitrogens is 1. The van der Waals surface area contributed by atoms with Crippen LogP contribution in [0.5, 0.6) is 0 Å². The van der Waals surface area contributed by atoms with Gasteiger partial charge < -0.3 is 10.0 Å². The van der Waals surface area contributed by atoms with E-state index < -0.39 is 0 Å². The highest BCUT2D eigenvalue weighted by Crippen LogP contribution is 2.45. The van der Waals surface area contributed by atoms with Crippen molar-refractivity contribution in [3.63, 3.8) is 0 Å². The summed E-state index contributed by atoms with van der Waals surface area (Å²) in [7, 11) is 1.92. The molecule has 0 aliphatic heterocycles. The fourth-order valence-corrected chi connectivity index (χ4v) is 5.47. The van der Waals surface area contributed by atoms with E-state index in [9.17, 15) is 9.90 Å². The smallest absolute Gasteiger partial charge is 0.254 e. The maximum Gasteiger partial charge on any atom is 0.254 e. The molecule has 0 saturated heterocycles. The number of halogens is 1. The molecule has 0 bridgehead atoms. The number of hydrogen-bond acceptors (Lipinski definition) is 3. The van der Waals surface area contributed by atoms with E-state index in [1.807, 2.05) is 66.5 Å². The SMILES string of the molecule is CN(C(=O)c1cc(-c2ccc(Cl)cc2)nc2ccccc12)C1C[C@H]2CC(O)C[C@H]2C1. The third-order valence-corrected chi connectivity index (χ3v) is 7.17. The quantitative estimate of drug-likeness (QED) is 0.635. The Morgan fingerprint density at radius 3 is 2.40 bits per heavy atom. The van der Waals surface area contributed by atoms with Gasteiger partial charge in [0.25, 0.3) is 5.91 Å². The van der Waals surface area contributed by atoms with E-state index in [4.69, 9.17) is 16.6 Å². The number of aliphatic hydroxyl groups excluding tert-OH is 1. The van der Waals surface area contributed by atoms with Gasteiger partial charge in [-0.25, -0.2) is 4.98 Å². The molecule has 1 N–H and O–H groups in total. The molecule has 5 rings (SSSR count). The van der Waals surface area contributed by atoms with Crippen LogP contribution in [-0.4, -0.2) is 40.1 Å². The average molecular weight is 421 g/mol. The van der Waals surface area contributed by atoms with Crippen LogP contribution in [0.1, 0.15) is 36.0 Å². The molecule has 3 aromatic rings. The molecular formula is C25H25ClN2O2. The standard InChI is InChI=1S/C25H25ClN2O2/c1-28(19-10-16-12-20(29)13-17(16)11-19)25(30)22-14-24(15-6-8-18(26)9-7-15)27-23-5-3-2-4-21(22)23/h2-9,14,16-17,19-20,29H,10-13H2,1H3/t16-,17+,19?,20?. The van der Waals surface area contributed by atoms with Crippen molar-refractivity contribution < 1.29 is 9.90 Å². The van der Waals surface area contributed by atoms with E-state index in [0.717, 1.165) is 47.8 Å². The predicted octanol–water partition coefficient (Wildman–Crippen LogP) is 5.18. The van der Waals surface area contributed by atoms with Crippen LogP contribution in [0.3, 0.4) is 0 Å². The van der Waals surface area contributed by atoms with E-state index in [2.05, 4.69) is 0 Å². The number of rotatable bonds is 3. The first-order valence-corrected chi connectivity index (χ1v) is 11.0. The fourth-order valence-electron chi connectivity index (χ4n) is 5.35. The molecule has 0 radical (unpaired) electrons. The van der Waals surface area contributed by atoms with Crippen molar-refractivity contribution in [3.8, 4) is 11.3 Å². The number of hydrogen-bond donors (Lipinski definition) is 1. The molecule has 2 fully saturated rings. The summed E-state index contributed by atoms with van der Waals surface area (Å²) >= 11 is 6.04. The van der Waals surface area contributed by atoms with Crippen LogP contribution in [-0.2, 0) is 0 Å². The molecule has 2 aliphatic carbocycles. The molecule has 2 unspecified atom stereocenters. The zero-order valence-corrected chi connectivity index (χ0v) is 17.7. The lowest BCUT2D eigenvalue weighted by molar-refractivity contribution is 0.0724. The number of carbonyl (C=O) groups is 1. The minimum Gasteiger partial charge on any atom is -0.393 e. The first-order chi connectivity index (χ1) is 14.5. The van der Waals surface area contributed by atoms with E-state index in [1.54, 1.807) is 0 Å². The number of benzene rings is 2. The molecule has 2 aliphatic rings. The predicted molar refractivity (Wildman–Crippen MR) is 120 cm³/mol. The van der Waals surface area contributed by atoms with Gasteiger partial charge >= 0.3 is 0 Å². The Kier molecular flexibility index (Phi) is 5.00.